The molecule has 1 N–H and O–H groups in total. The molecule has 0 fully saturated rings. The van der Waals surface area contributed by atoms with Crippen LogP contribution < -0.4 is 5.43 Å². The van der Waals surface area contributed by atoms with Crippen LogP contribution in [-0.4, -0.2) is 18.1 Å². The normalized spacial score (nSPS) is 10.6. The lowest BCUT2D eigenvalue weighted by Gasteiger charge is -2.07. The molecule has 1 aromatic carbocycles. The van der Waals surface area contributed by atoms with Crippen LogP contribution in [0.1, 0.15) is 22.8 Å². The van der Waals surface area contributed by atoms with E-state index >= 15 is 0 Å². The number of nitrogens with one attached hydrogen (secondary N) is 1. The minimum Gasteiger partial charge on any atom is -0.465 e. The summed E-state index contributed by atoms with van der Waals surface area (Å²) < 4.78 is 5.40. The number of hydrogen-bond acceptors (Lipinski definition) is 3. The molecule has 2 aromatic rings. The van der Waals surface area contributed by atoms with E-state index < -0.39 is 5.97 Å². The van der Waals surface area contributed by atoms with Crippen molar-refractivity contribution < 1.29 is 9.53 Å². The predicted octanol–water partition coefficient (Wildman–Crippen LogP) is 2.64. The average molecular weight is 310 g/mol. The third kappa shape index (κ3) is 2.06. The van der Waals surface area contributed by atoms with Crippen LogP contribution in [0.15, 0.2) is 27.6 Å². The summed E-state index contributed by atoms with van der Waals surface area (Å²) in [4.78, 5) is 26.7. The number of aromatic amines is 1. The first kappa shape index (κ1) is 12.8. The molecule has 0 saturated carbocycles. The second kappa shape index (κ2) is 4.94. The lowest BCUT2D eigenvalue weighted by atomic mass is 10.1. The smallest absolute Gasteiger partial charge is 0.343 e. The summed E-state index contributed by atoms with van der Waals surface area (Å²) in [5, 5.41) is 0.490. The molecule has 5 heteroatoms. The molecule has 94 valence electrons. The quantitative estimate of drug-likeness (QED) is 0.868. The van der Waals surface area contributed by atoms with Gasteiger partial charge in [-0.25, -0.2) is 4.79 Å². The lowest BCUT2D eigenvalue weighted by molar-refractivity contribution is 0.0599. The number of halogens is 1. The first-order valence-corrected chi connectivity index (χ1v) is 6.30. The van der Waals surface area contributed by atoms with Gasteiger partial charge in [0.15, 0.2) is 0 Å². The summed E-state index contributed by atoms with van der Waals surface area (Å²) in [7, 11) is 1.25. The van der Waals surface area contributed by atoms with Crippen LogP contribution in [0.4, 0.5) is 0 Å². The fourth-order valence-corrected chi connectivity index (χ4v) is 2.41. The van der Waals surface area contributed by atoms with Crippen molar-refractivity contribution in [3.63, 3.8) is 0 Å². The maximum absolute atomic E-state index is 12.2. The topological polar surface area (TPSA) is 59.2 Å². The van der Waals surface area contributed by atoms with E-state index in [2.05, 4.69) is 25.7 Å². The molecular formula is C13H12BrNO3. The van der Waals surface area contributed by atoms with Crippen LogP contribution in [0.5, 0.6) is 0 Å². The molecule has 1 aromatic heterocycles. The fraction of sp³-hybridized carbons (Fsp3) is 0.231. The van der Waals surface area contributed by atoms with Crippen LogP contribution in [0.25, 0.3) is 10.9 Å². The Kier molecular flexibility index (Phi) is 3.52. The number of esters is 1. The Morgan fingerprint density at radius 1 is 1.44 bits per heavy atom. The Bertz CT molecular complexity index is 676. The zero-order valence-electron chi connectivity index (χ0n) is 10.0. The second-order valence-electron chi connectivity index (χ2n) is 3.86. The summed E-state index contributed by atoms with van der Waals surface area (Å²) in [6.07, 6.45) is 2.20. The largest absolute Gasteiger partial charge is 0.465 e. The number of ether oxygens (including phenoxy) is 1. The summed E-state index contributed by atoms with van der Waals surface area (Å²) in [6, 6.07) is 3.66. The average Bonchev–Trinajstić information content (AvgIpc) is 2.38. The maximum Gasteiger partial charge on any atom is 0.343 e. The van der Waals surface area contributed by atoms with Gasteiger partial charge in [-0.3, -0.25) is 4.79 Å². The second-order valence-corrected chi connectivity index (χ2v) is 4.78. The molecule has 0 spiro atoms. The van der Waals surface area contributed by atoms with Crippen LogP contribution in [0.3, 0.4) is 0 Å². The number of H-pyrrole nitrogens is 1. The monoisotopic (exact) mass is 309 g/mol. The number of pyridine rings is 1. The number of fused-ring (bicyclic) bond motifs is 1. The third-order valence-corrected chi connectivity index (χ3v) is 3.28. The molecule has 0 radical (unpaired) electrons. The van der Waals surface area contributed by atoms with Gasteiger partial charge in [-0.2, -0.15) is 0 Å². The molecule has 0 aliphatic heterocycles. The Morgan fingerprint density at radius 3 is 2.78 bits per heavy atom. The fourth-order valence-electron chi connectivity index (χ4n) is 1.91. The highest BCUT2D eigenvalue weighted by Gasteiger charge is 2.14. The minimum atomic E-state index is -0.629. The Morgan fingerprint density at radius 2 is 2.17 bits per heavy atom. The number of benzene rings is 1. The van der Waals surface area contributed by atoms with Crippen molar-refractivity contribution in [3.8, 4) is 0 Å². The summed E-state index contributed by atoms with van der Waals surface area (Å²) in [6.45, 7) is 2.01. The zero-order valence-corrected chi connectivity index (χ0v) is 11.6. The first-order chi connectivity index (χ1) is 8.58. The number of carbonyl (C=O) groups is 1. The highest BCUT2D eigenvalue weighted by molar-refractivity contribution is 9.10. The Hall–Kier alpha value is -1.62. The standard InChI is InChI=1S/C13H12BrNO3/c1-3-7-4-8(14)5-9-11(7)15-6-10(12(9)16)13(17)18-2/h4-6H,3H2,1-2H3,(H,15,16). The van der Waals surface area contributed by atoms with Crippen LogP contribution in [0, 0.1) is 0 Å². The Labute approximate surface area is 112 Å². The molecule has 0 unspecified atom stereocenters. The van der Waals surface area contributed by atoms with Gasteiger partial charge < -0.3 is 9.72 Å². The van der Waals surface area contributed by atoms with E-state index in [0.717, 1.165) is 22.0 Å². The molecule has 18 heavy (non-hydrogen) atoms. The van der Waals surface area contributed by atoms with E-state index in [4.69, 9.17) is 0 Å². The highest BCUT2D eigenvalue weighted by Crippen LogP contribution is 2.21. The van der Waals surface area contributed by atoms with Crippen molar-refractivity contribution in [2.24, 2.45) is 0 Å². The molecule has 0 atom stereocenters. The van der Waals surface area contributed by atoms with Gasteiger partial charge in [0.05, 0.1) is 12.6 Å². The number of rotatable bonds is 2. The van der Waals surface area contributed by atoms with Crippen LogP contribution >= 0.6 is 15.9 Å². The highest BCUT2D eigenvalue weighted by atomic mass is 79.9. The maximum atomic E-state index is 12.2. The number of hydrogen-bond donors (Lipinski definition) is 1. The van der Waals surface area contributed by atoms with E-state index in [1.807, 2.05) is 13.0 Å². The van der Waals surface area contributed by atoms with Crippen molar-refractivity contribution in [3.05, 3.63) is 44.2 Å². The molecule has 4 nitrogen and oxygen atoms in total. The molecule has 0 aliphatic rings. The van der Waals surface area contributed by atoms with E-state index in [-0.39, 0.29) is 11.0 Å². The van der Waals surface area contributed by atoms with Crippen LogP contribution in [-0.2, 0) is 11.2 Å². The minimum absolute atomic E-state index is 0.0187. The van der Waals surface area contributed by atoms with Crippen LogP contribution in [0.2, 0.25) is 0 Å². The molecule has 1 heterocycles. The van der Waals surface area contributed by atoms with E-state index in [1.165, 1.54) is 13.3 Å². The van der Waals surface area contributed by atoms with Gasteiger partial charge in [0.25, 0.3) is 0 Å². The van der Waals surface area contributed by atoms with Gasteiger partial charge in [0, 0.05) is 16.1 Å². The Balaban J connectivity index is 2.83. The molecule has 0 saturated heterocycles. The van der Waals surface area contributed by atoms with Crippen molar-refractivity contribution in [1.29, 1.82) is 0 Å². The molecular weight excluding hydrogens is 298 g/mol. The summed E-state index contributed by atoms with van der Waals surface area (Å²) >= 11 is 3.37. The van der Waals surface area contributed by atoms with Gasteiger partial charge in [0.2, 0.25) is 5.43 Å². The summed E-state index contributed by atoms with van der Waals surface area (Å²) in [5.74, 6) is -0.629. The van der Waals surface area contributed by atoms with E-state index in [9.17, 15) is 9.59 Å². The number of aryl methyl sites for hydroxylation is 1. The van der Waals surface area contributed by atoms with Gasteiger partial charge in [-0.05, 0) is 24.1 Å². The molecule has 2 rings (SSSR count). The number of carbonyl (C=O) groups excluding carboxylic acids is 1. The SMILES string of the molecule is CCc1cc(Br)cc2c(=O)c(C(=O)OC)c[nH]c12. The van der Waals surface area contributed by atoms with Crippen molar-refractivity contribution in [2.45, 2.75) is 13.3 Å². The van der Waals surface area contributed by atoms with Crippen molar-refractivity contribution in [1.82, 2.24) is 4.98 Å². The van der Waals surface area contributed by atoms with E-state index in [1.54, 1.807) is 6.07 Å². The van der Waals surface area contributed by atoms with Gasteiger partial charge >= 0.3 is 5.97 Å². The third-order valence-electron chi connectivity index (χ3n) is 2.82. The predicted molar refractivity (Wildman–Crippen MR) is 73.0 cm³/mol. The zero-order chi connectivity index (χ0) is 13.3. The van der Waals surface area contributed by atoms with Gasteiger partial charge in [0.1, 0.15) is 5.56 Å². The molecule has 0 bridgehead atoms. The van der Waals surface area contributed by atoms with Crippen molar-refractivity contribution >= 4 is 32.8 Å². The van der Waals surface area contributed by atoms with E-state index in [0.29, 0.717) is 5.39 Å². The summed E-state index contributed by atoms with van der Waals surface area (Å²) in [5.41, 5.74) is 1.49. The molecule has 0 amide bonds. The lowest BCUT2D eigenvalue weighted by Crippen LogP contribution is -2.17. The first-order valence-electron chi connectivity index (χ1n) is 5.50. The van der Waals surface area contributed by atoms with Gasteiger partial charge in [-0.1, -0.05) is 22.9 Å². The number of aromatic nitrogens is 1. The van der Waals surface area contributed by atoms with Crippen molar-refractivity contribution in [2.75, 3.05) is 7.11 Å². The molecule has 0 aliphatic carbocycles. The number of methoxy groups -OCH3 is 1. The van der Waals surface area contributed by atoms with Gasteiger partial charge in [-0.15, -0.1) is 0 Å².